The van der Waals surface area contributed by atoms with Crippen LogP contribution in [0.3, 0.4) is 0 Å². The Balaban J connectivity index is 1.45. The van der Waals surface area contributed by atoms with Gasteiger partial charge in [-0.05, 0) is 73.6 Å². The van der Waals surface area contributed by atoms with Gasteiger partial charge in [0.25, 0.3) is 0 Å². The maximum Gasteiger partial charge on any atom is 0.232 e. The van der Waals surface area contributed by atoms with E-state index in [0.717, 1.165) is 28.3 Å². The molecule has 5 nitrogen and oxygen atoms in total. The van der Waals surface area contributed by atoms with Gasteiger partial charge in [0.1, 0.15) is 5.78 Å². The van der Waals surface area contributed by atoms with Gasteiger partial charge in [0, 0.05) is 12.8 Å². The topological polar surface area (TPSA) is 64.6 Å². The Kier molecular flexibility index (Phi) is 7.09. The lowest BCUT2D eigenvalue weighted by atomic mass is 9.88. The van der Waals surface area contributed by atoms with Gasteiger partial charge in [0.15, 0.2) is 11.5 Å². The molecule has 1 aromatic carbocycles. The molecule has 3 aliphatic rings. The van der Waals surface area contributed by atoms with Crippen LogP contribution in [0, 0.1) is 11.8 Å². The first kappa shape index (κ1) is 22.7. The molecule has 0 bridgehead atoms. The molecule has 6 heteroatoms. The number of hydrogen-bond acceptors (Lipinski definition) is 5. The summed E-state index contributed by atoms with van der Waals surface area (Å²) in [5.41, 5.74) is 3.10. The normalized spacial score (nSPS) is 23.7. The first-order chi connectivity index (χ1) is 15.4. The SMILES string of the molecule is C=C1CC(c2ccc(OC)c(OCC3CC3)c2)CC(=O)CC1C(=O)NC1=CCC(C)=CS1. The summed E-state index contributed by atoms with van der Waals surface area (Å²) in [5.74, 6) is 1.50. The van der Waals surface area contributed by atoms with Crippen molar-refractivity contribution >= 4 is 23.5 Å². The van der Waals surface area contributed by atoms with E-state index in [1.165, 1.54) is 30.2 Å². The number of carbonyl (C=O) groups is 2. The Bertz CT molecular complexity index is 976. The third-order valence-electron chi connectivity index (χ3n) is 6.30. The lowest BCUT2D eigenvalue weighted by molar-refractivity contribution is -0.127. The number of amides is 1. The molecular formula is C26H31NO4S. The minimum absolute atomic E-state index is 0.0177. The van der Waals surface area contributed by atoms with Gasteiger partial charge in [-0.1, -0.05) is 35.6 Å². The second kappa shape index (κ2) is 9.99. The molecule has 2 unspecified atom stereocenters. The molecule has 1 heterocycles. The average Bonchev–Trinajstić information content (AvgIpc) is 3.62. The van der Waals surface area contributed by atoms with Crippen molar-refractivity contribution in [3.05, 3.63) is 58.0 Å². The predicted octanol–water partition coefficient (Wildman–Crippen LogP) is 5.49. The molecule has 1 N–H and O–H groups in total. The third kappa shape index (κ3) is 5.66. The summed E-state index contributed by atoms with van der Waals surface area (Å²) in [7, 11) is 1.64. The number of benzene rings is 1. The highest BCUT2D eigenvalue weighted by molar-refractivity contribution is 8.05. The molecule has 1 amide bonds. The van der Waals surface area contributed by atoms with Gasteiger partial charge in [-0.2, -0.15) is 0 Å². The molecule has 0 aromatic heterocycles. The smallest absolute Gasteiger partial charge is 0.232 e. The van der Waals surface area contributed by atoms with E-state index in [-0.39, 0.29) is 24.0 Å². The average molecular weight is 454 g/mol. The van der Waals surface area contributed by atoms with Gasteiger partial charge in [0.2, 0.25) is 5.91 Å². The number of nitrogens with one attached hydrogen (secondary N) is 1. The van der Waals surface area contributed by atoms with Crippen LogP contribution < -0.4 is 14.8 Å². The fourth-order valence-corrected chi connectivity index (χ4v) is 4.89. The second-order valence-corrected chi connectivity index (χ2v) is 9.98. The van der Waals surface area contributed by atoms with Crippen LogP contribution in [0.15, 0.2) is 52.4 Å². The number of ketones is 1. The van der Waals surface area contributed by atoms with Crippen molar-refractivity contribution in [3.63, 3.8) is 0 Å². The first-order valence-corrected chi connectivity index (χ1v) is 12.1. The predicted molar refractivity (Wildman–Crippen MR) is 128 cm³/mol. The van der Waals surface area contributed by atoms with Gasteiger partial charge < -0.3 is 14.8 Å². The lowest BCUT2D eigenvalue weighted by Crippen LogP contribution is -2.31. The van der Waals surface area contributed by atoms with Crippen molar-refractivity contribution < 1.29 is 19.1 Å². The summed E-state index contributed by atoms with van der Waals surface area (Å²) in [5, 5.41) is 5.87. The molecule has 0 radical (unpaired) electrons. The molecule has 1 aromatic rings. The van der Waals surface area contributed by atoms with Crippen LogP contribution in [0.25, 0.3) is 0 Å². The van der Waals surface area contributed by atoms with E-state index < -0.39 is 5.92 Å². The quantitative estimate of drug-likeness (QED) is 0.437. The van der Waals surface area contributed by atoms with Crippen LogP contribution >= 0.6 is 11.8 Å². The van der Waals surface area contributed by atoms with Crippen LogP contribution in [-0.2, 0) is 9.59 Å². The fraction of sp³-hybridized carbons (Fsp3) is 0.462. The highest BCUT2D eigenvalue weighted by atomic mass is 32.2. The molecule has 2 saturated carbocycles. The van der Waals surface area contributed by atoms with E-state index in [9.17, 15) is 9.59 Å². The largest absolute Gasteiger partial charge is 0.493 e. The molecule has 0 spiro atoms. The number of carbonyl (C=O) groups excluding carboxylic acids is 2. The molecule has 0 saturated heterocycles. The summed E-state index contributed by atoms with van der Waals surface area (Å²) in [6.45, 7) is 6.97. The second-order valence-electron chi connectivity index (χ2n) is 9.07. The van der Waals surface area contributed by atoms with Crippen LogP contribution in [0.5, 0.6) is 11.5 Å². The van der Waals surface area contributed by atoms with Gasteiger partial charge in [-0.15, -0.1) is 0 Å². The minimum Gasteiger partial charge on any atom is -0.493 e. The maximum absolute atomic E-state index is 13.0. The first-order valence-electron chi connectivity index (χ1n) is 11.3. The highest BCUT2D eigenvalue weighted by Crippen LogP contribution is 2.40. The van der Waals surface area contributed by atoms with E-state index in [2.05, 4.69) is 18.8 Å². The van der Waals surface area contributed by atoms with E-state index in [1.807, 2.05) is 29.7 Å². The fourth-order valence-electron chi connectivity index (χ4n) is 4.13. The van der Waals surface area contributed by atoms with E-state index in [4.69, 9.17) is 9.47 Å². The van der Waals surface area contributed by atoms with E-state index >= 15 is 0 Å². The number of ether oxygens (including phenoxy) is 2. The van der Waals surface area contributed by atoms with Crippen molar-refractivity contribution in [2.45, 2.75) is 51.4 Å². The van der Waals surface area contributed by atoms with Gasteiger partial charge in [-0.25, -0.2) is 0 Å². The summed E-state index contributed by atoms with van der Waals surface area (Å²) < 4.78 is 11.5. The number of hydrogen-bond donors (Lipinski definition) is 1. The van der Waals surface area contributed by atoms with Gasteiger partial charge in [0.05, 0.1) is 24.7 Å². The zero-order valence-electron chi connectivity index (χ0n) is 18.8. The van der Waals surface area contributed by atoms with Gasteiger partial charge in [-0.3, -0.25) is 9.59 Å². The summed E-state index contributed by atoms with van der Waals surface area (Å²) >= 11 is 1.51. The zero-order chi connectivity index (χ0) is 22.7. The van der Waals surface area contributed by atoms with E-state index in [1.54, 1.807) is 7.11 Å². The maximum atomic E-state index is 13.0. The third-order valence-corrected chi connectivity index (χ3v) is 7.34. The molecule has 4 rings (SSSR count). The molecule has 2 atom stereocenters. The number of rotatable bonds is 7. The minimum atomic E-state index is -0.496. The number of Topliss-reactive ketones (excluding diaryl/α,β-unsaturated/α-hetero) is 1. The van der Waals surface area contributed by atoms with Crippen LogP contribution in [0.2, 0.25) is 0 Å². The Morgan fingerprint density at radius 3 is 2.72 bits per heavy atom. The molecule has 32 heavy (non-hydrogen) atoms. The van der Waals surface area contributed by atoms with Crippen molar-refractivity contribution in [2.75, 3.05) is 13.7 Å². The zero-order valence-corrected chi connectivity index (χ0v) is 19.6. The van der Waals surface area contributed by atoms with Crippen molar-refractivity contribution in [3.8, 4) is 11.5 Å². The van der Waals surface area contributed by atoms with Gasteiger partial charge >= 0.3 is 0 Å². The summed E-state index contributed by atoms with van der Waals surface area (Å²) in [4.78, 5) is 25.7. The number of thioether (sulfide) groups is 1. The van der Waals surface area contributed by atoms with Crippen molar-refractivity contribution in [2.24, 2.45) is 11.8 Å². The summed E-state index contributed by atoms with van der Waals surface area (Å²) in [6, 6.07) is 5.89. The molecule has 2 aliphatic carbocycles. The van der Waals surface area contributed by atoms with Crippen LogP contribution in [-0.4, -0.2) is 25.4 Å². The number of allylic oxidation sites excluding steroid dienone is 2. The summed E-state index contributed by atoms with van der Waals surface area (Å²) in [6.07, 6.45) is 6.48. The van der Waals surface area contributed by atoms with Crippen LogP contribution in [0.4, 0.5) is 0 Å². The Morgan fingerprint density at radius 2 is 2.03 bits per heavy atom. The standard InChI is InChI=1S/C26H31NO4S/c1-16-4-9-25(32-15-16)27-26(29)22-13-21(28)11-20(10-17(22)2)19-7-8-23(30-3)24(12-19)31-14-18-5-6-18/h7-9,12,15,18,20,22H,2,4-6,10-11,13-14H2,1,3H3,(H,27,29). The van der Waals surface area contributed by atoms with Crippen molar-refractivity contribution in [1.82, 2.24) is 5.32 Å². The van der Waals surface area contributed by atoms with Crippen molar-refractivity contribution in [1.29, 1.82) is 0 Å². The Labute approximate surface area is 194 Å². The number of methoxy groups -OCH3 is 1. The monoisotopic (exact) mass is 453 g/mol. The van der Waals surface area contributed by atoms with Crippen LogP contribution in [0.1, 0.15) is 56.9 Å². The Hall–Kier alpha value is -2.47. The molecule has 2 fully saturated rings. The molecular weight excluding hydrogens is 422 g/mol. The highest BCUT2D eigenvalue weighted by Gasteiger charge is 2.32. The Morgan fingerprint density at radius 1 is 1.22 bits per heavy atom. The lowest BCUT2D eigenvalue weighted by Gasteiger charge is -2.20. The van der Waals surface area contributed by atoms with E-state index in [0.29, 0.717) is 31.1 Å². The molecule has 170 valence electrons. The molecule has 1 aliphatic heterocycles.